The number of piperazine rings is 1. The topological polar surface area (TPSA) is 93.0 Å². The van der Waals surface area contributed by atoms with Crippen LogP contribution in [0.4, 0.5) is 4.79 Å². The first-order valence-electron chi connectivity index (χ1n) is 14.3. The number of hydrogen-bond donors (Lipinski definition) is 0. The maximum Gasteiger partial charge on any atom is 0.415 e. The molecular formula is C31H35ClN6O4. The Morgan fingerprint density at radius 3 is 2.81 bits per heavy atom. The van der Waals surface area contributed by atoms with Crippen molar-refractivity contribution in [3.05, 3.63) is 88.9 Å². The molecule has 0 radical (unpaired) electrons. The predicted octanol–water partition coefficient (Wildman–Crippen LogP) is 4.43. The van der Waals surface area contributed by atoms with Crippen LogP contribution in [0.15, 0.2) is 61.4 Å². The first-order valence-corrected chi connectivity index (χ1v) is 14.7. The maximum atomic E-state index is 14.2. The van der Waals surface area contributed by atoms with Gasteiger partial charge in [0.1, 0.15) is 18.4 Å². The number of allylic oxidation sites excluding steroid dienone is 1. The standard InChI is InChI=1S/C31H35ClN6O4/c1-20(2)42-31(40)38-12-11-36(17-26(38)30(39)37-10-8-22(16-37)15-35-14-21(3)34-19-35)29-25-7-6-24(32)13-27(25)41-18-23-5-4-9-33-28(23)29/h4-7,9,13-14,19,22,26,29H,1,8,10-12,15-18H2,2-3H3/t22-,26+,29+/m0/s1. The predicted molar refractivity (Wildman–Crippen MR) is 157 cm³/mol. The van der Waals surface area contributed by atoms with E-state index < -0.39 is 12.1 Å². The molecule has 0 unspecified atom stereocenters. The summed E-state index contributed by atoms with van der Waals surface area (Å²) >= 11 is 6.34. The zero-order valence-electron chi connectivity index (χ0n) is 23.9. The molecule has 0 bridgehead atoms. The number of benzene rings is 1. The summed E-state index contributed by atoms with van der Waals surface area (Å²) in [5.74, 6) is 1.21. The molecular weight excluding hydrogens is 556 g/mol. The quantitative estimate of drug-likeness (QED) is 0.406. The normalized spacial score (nSPS) is 22.1. The Hall–Kier alpha value is -3.89. The molecule has 2 saturated heterocycles. The summed E-state index contributed by atoms with van der Waals surface area (Å²) in [6.45, 7) is 10.9. The minimum atomic E-state index is -0.730. The molecule has 0 saturated carbocycles. The molecule has 0 spiro atoms. The van der Waals surface area contributed by atoms with Crippen molar-refractivity contribution in [1.82, 2.24) is 29.2 Å². The SMILES string of the molecule is C=C(C)OC(=O)N1CCN([C@@H]2c3ccc(Cl)cc3OCc3cccnc32)C[C@@H]1C(=O)N1CC[C@@H](Cn2cnc(C)c2)C1. The van der Waals surface area contributed by atoms with E-state index in [0.717, 1.165) is 35.5 Å². The van der Waals surface area contributed by atoms with E-state index in [1.54, 1.807) is 18.0 Å². The van der Waals surface area contributed by atoms with E-state index in [9.17, 15) is 9.59 Å². The van der Waals surface area contributed by atoms with Gasteiger partial charge in [0.2, 0.25) is 5.91 Å². The van der Waals surface area contributed by atoms with Crippen LogP contribution in [-0.4, -0.2) is 80.0 Å². The molecule has 0 aliphatic carbocycles. The van der Waals surface area contributed by atoms with Crippen LogP contribution in [0.3, 0.4) is 0 Å². The van der Waals surface area contributed by atoms with Gasteiger partial charge in [0, 0.05) is 67.8 Å². The molecule has 3 atom stereocenters. The lowest BCUT2D eigenvalue weighted by atomic mass is 9.96. The zero-order valence-corrected chi connectivity index (χ0v) is 24.7. The Bertz CT molecular complexity index is 1510. The number of likely N-dealkylation sites (tertiary alicyclic amines) is 1. The van der Waals surface area contributed by atoms with Crippen LogP contribution in [0.1, 0.15) is 41.9 Å². The minimum Gasteiger partial charge on any atom is -0.488 e. The number of nitrogens with zero attached hydrogens (tertiary/aromatic N) is 6. The van der Waals surface area contributed by atoms with Gasteiger partial charge in [-0.05, 0) is 44.4 Å². The largest absolute Gasteiger partial charge is 0.488 e. The number of aryl methyl sites for hydroxylation is 1. The number of amides is 2. The minimum absolute atomic E-state index is 0.0786. The van der Waals surface area contributed by atoms with Crippen molar-refractivity contribution in [3.8, 4) is 5.75 Å². The van der Waals surface area contributed by atoms with Crippen molar-refractivity contribution in [1.29, 1.82) is 0 Å². The summed E-state index contributed by atoms with van der Waals surface area (Å²) in [4.78, 5) is 42.2. The van der Waals surface area contributed by atoms with Gasteiger partial charge in [-0.3, -0.25) is 19.6 Å². The Kier molecular flexibility index (Phi) is 7.92. The van der Waals surface area contributed by atoms with Gasteiger partial charge in [-0.1, -0.05) is 30.3 Å². The second-order valence-electron chi connectivity index (χ2n) is 11.3. The number of fused-ring (bicyclic) bond motifs is 2. The van der Waals surface area contributed by atoms with Crippen LogP contribution >= 0.6 is 11.6 Å². The molecule has 2 amide bonds. The van der Waals surface area contributed by atoms with Gasteiger partial charge in [0.05, 0.1) is 29.5 Å². The molecule has 1 aromatic carbocycles. The van der Waals surface area contributed by atoms with Crippen molar-refractivity contribution in [3.63, 3.8) is 0 Å². The molecule has 42 heavy (non-hydrogen) atoms. The third-order valence-corrected chi connectivity index (χ3v) is 8.46. The number of pyridine rings is 1. The highest BCUT2D eigenvalue weighted by molar-refractivity contribution is 6.30. The monoisotopic (exact) mass is 590 g/mol. The van der Waals surface area contributed by atoms with E-state index in [1.807, 2.05) is 54.7 Å². The highest BCUT2D eigenvalue weighted by atomic mass is 35.5. The van der Waals surface area contributed by atoms with E-state index in [2.05, 4.69) is 21.0 Å². The van der Waals surface area contributed by atoms with E-state index in [-0.39, 0.29) is 17.7 Å². The van der Waals surface area contributed by atoms with E-state index >= 15 is 0 Å². The van der Waals surface area contributed by atoms with E-state index in [1.165, 1.54) is 0 Å². The van der Waals surface area contributed by atoms with Crippen molar-refractivity contribution < 1.29 is 19.1 Å². The summed E-state index contributed by atoms with van der Waals surface area (Å²) in [5, 5.41) is 0.585. The molecule has 10 nitrogen and oxygen atoms in total. The highest BCUT2D eigenvalue weighted by Crippen LogP contribution is 2.41. The smallest absolute Gasteiger partial charge is 0.415 e. The summed E-state index contributed by atoms with van der Waals surface area (Å²) in [5.41, 5.74) is 3.75. The van der Waals surface area contributed by atoms with Crippen molar-refractivity contribution in [2.45, 2.75) is 45.5 Å². The van der Waals surface area contributed by atoms with E-state index in [4.69, 9.17) is 26.1 Å². The molecule has 2 aromatic heterocycles. The molecule has 3 aliphatic heterocycles. The number of aromatic nitrogens is 3. The molecule has 6 rings (SSSR count). The van der Waals surface area contributed by atoms with E-state index in [0.29, 0.717) is 56.0 Å². The van der Waals surface area contributed by atoms with Crippen LogP contribution in [-0.2, 0) is 22.7 Å². The van der Waals surface area contributed by atoms with Gasteiger partial charge in [-0.2, -0.15) is 0 Å². The fourth-order valence-electron chi connectivity index (χ4n) is 6.29. The van der Waals surface area contributed by atoms with Crippen LogP contribution in [0.25, 0.3) is 0 Å². The number of rotatable bonds is 5. The summed E-state index contributed by atoms with van der Waals surface area (Å²) in [6, 6.07) is 8.54. The number of ether oxygens (including phenoxy) is 2. The summed E-state index contributed by atoms with van der Waals surface area (Å²) in [7, 11) is 0. The maximum absolute atomic E-state index is 14.2. The third-order valence-electron chi connectivity index (χ3n) is 8.23. The Morgan fingerprint density at radius 1 is 1.17 bits per heavy atom. The molecule has 0 N–H and O–H groups in total. The van der Waals surface area contributed by atoms with Gasteiger partial charge in [-0.15, -0.1) is 0 Å². The molecule has 220 valence electrons. The zero-order chi connectivity index (χ0) is 29.4. The number of halogens is 1. The number of carbonyl (C=O) groups excluding carboxylic acids is 2. The third kappa shape index (κ3) is 5.73. The van der Waals surface area contributed by atoms with Crippen molar-refractivity contribution in [2.75, 3.05) is 32.7 Å². The molecule has 3 aromatic rings. The second kappa shape index (κ2) is 11.8. The number of carbonyl (C=O) groups is 2. The molecule has 3 aliphatic rings. The van der Waals surface area contributed by atoms with Crippen LogP contribution in [0, 0.1) is 12.8 Å². The molecule has 2 fully saturated rings. The summed E-state index contributed by atoms with van der Waals surface area (Å²) < 4.78 is 13.7. The average Bonchev–Trinajstić information content (AvgIpc) is 3.57. The van der Waals surface area contributed by atoms with Gasteiger partial charge >= 0.3 is 6.09 Å². The highest BCUT2D eigenvalue weighted by Gasteiger charge is 2.43. The lowest BCUT2D eigenvalue weighted by Gasteiger charge is -2.44. The van der Waals surface area contributed by atoms with Gasteiger partial charge in [0.15, 0.2) is 0 Å². The van der Waals surface area contributed by atoms with Crippen LogP contribution in [0.5, 0.6) is 5.75 Å². The fraction of sp³-hybridized carbons (Fsp3) is 0.419. The fourth-order valence-corrected chi connectivity index (χ4v) is 6.45. The number of hydrogen-bond acceptors (Lipinski definition) is 7. The molecule has 5 heterocycles. The Balaban J connectivity index is 1.29. The Morgan fingerprint density at radius 2 is 2.02 bits per heavy atom. The average molecular weight is 591 g/mol. The van der Waals surface area contributed by atoms with Crippen molar-refractivity contribution in [2.24, 2.45) is 5.92 Å². The second-order valence-corrected chi connectivity index (χ2v) is 11.8. The lowest BCUT2D eigenvalue weighted by Crippen LogP contribution is -2.61. The van der Waals surface area contributed by atoms with Gasteiger partial charge in [-0.25, -0.2) is 9.78 Å². The van der Waals surface area contributed by atoms with Crippen molar-refractivity contribution >= 4 is 23.6 Å². The lowest BCUT2D eigenvalue weighted by molar-refractivity contribution is -0.138. The van der Waals surface area contributed by atoms with Crippen LogP contribution < -0.4 is 4.74 Å². The van der Waals surface area contributed by atoms with Gasteiger partial charge in [0.25, 0.3) is 0 Å². The molecule has 11 heteroatoms. The summed E-state index contributed by atoms with van der Waals surface area (Å²) in [6.07, 6.45) is 5.97. The van der Waals surface area contributed by atoms with Crippen LogP contribution in [0.2, 0.25) is 5.02 Å². The first-order chi connectivity index (χ1) is 20.3. The van der Waals surface area contributed by atoms with Gasteiger partial charge < -0.3 is 18.9 Å². The number of imidazole rings is 1. The first kappa shape index (κ1) is 28.2. The Labute approximate surface area is 250 Å².